The number of carbonyl (C=O) groups is 1. The Hall–Kier alpha value is -2.91. The van der Waals surface area contributed by atoms with Gasteiger partial charge in [-0.2, -0.15) is 0 Å². The highest BCUT2D eigenvalue weighted by Gasteiger charge is 2.22. The minimum absolute atomic E-state index is 0.0395. The standard InChI is InChI=1S/C27H30N2O/c1-28(2)27(30)22-11-9-21(10-12-22)23-13-14-25-18-26(16-15-24(25)17-23)29(3)19-20-7-5-4-6-8-20/h4-14,17,26H,15-16,18-19H2,1-3H3. The van der Waals surface area contributed by atoms with Crippen molar-refractivity contribution < 1.29 is 4.79 Å². The van der Waals surface area contributed by atoms with Crippen molar-refractivity contribution >= 4 is 5.91 Å². The largest absolute Gasteiger partial charge is 0.345 e. The lowest BCUT2D eigenvalue weighted by atomic mass is 9.85. The number of hydrogen-bond donors (Lipinski definition) is 0. The lowest BCUT2D eigenvalue weighted by Gasteiger charge is -2.33. The Morgan fingerprint density at radius 1 is 0.867 bits per heavy atom. The molecule has 0 saturated heterocycles. The Balaban J connectivity index is 1.46. The summed E-state index contributed by atoms with van der Waals surface area (Å²) in [5.74, 6) is 0.0395. The van der Waals surface area contributed by atoms with Gasteiger partial charge in [-0.1, -0.05) is 60.7 Å². The summed E-state index contributed by atoms with van der Waals surface area (Å²) in [6.45, 7) is 0.997. The average molecular weight is 399 g/mol. The van der Waals surface area contributed by atoms with Gasteiger partial charge in [0.25, 0.3) is 5.91 Å². The molecule has 1 amide bonds. The molecular formula is C27H30N2O. The first kappa shape index (κ1) is 20.4. The summed E-state index contributed by atoms with van der Waals surface area (Å²) in [5, 5.41) is 0. The fourth-order valence-electron chi connectivity index (χ4n) is 4.36. The maximum Gasteiger partial charge on any atom is 0.253 e. The first-order chi connectivity index (χ1) is 14.5. The fourth-order valence-corrected chi connectivity index (χ4v) is 4.36. The van der Waals surface area contributed by atoms with Crippen LogP contribution in [0.25, 0.3) is 11.1 Å². The molecule has 0 heterocycles. The van der Waals surface area contributed by atoms with Crippen LogP contribution in [0.1, 0.15) is 33.5 Å². The van der Waals surface area contributed by atoms with Crippen molar-refractivity contribution in [1.82, 2.24) is 9.80 Å². The topological polar surface area (TPSA) is 23.6 Å². The molecule has 0 saturated carbocycles. The van der Waals surface area contributed by atoms with E-state index >= 15 is 0 Å². The average Bonchev–Trinajstić information content (AvgIpc) is 2.78. The van der Waals surface area contributed by atoms with Crippen molar-refractivity contribution in [2.75, 3.05) is 21.1 Å². The SMILES string of the molecule is CN(C)C(=O)c1ccc(-c2ccc3c(c2)CCC(N(C)Cc2ccccc2)C3)cc1. The second kappa shape index (κ2) is 8.85. The normalized spacial score (nSPS) is 15.7. The molecule has 30 heavy (non-hydrogen) atoms. The highest BCUT2D eigenvalue weighted by molar-refractivity contribution is 5.94. The zero-order chi connectivity index (χ0) is 21.1. The van der Waals surface area contributed by atoms with E-state index < -0.39 is 0 Å². The highest BCUT2D eigenvalue weighted by Crippen LogP contribution is 2.29. The van der Waals surface area contributed by atoms with Crippen LogP contribution in [0.3, 0.4) is 0 Å². The van der Waals surface area contributed by atoms with Crippen molar-refractivity contribution in [3.05, 3.63) is 95.1 Å². The van der Waals surface area contributed by atoms with Crippen LogP contribution in [0.4, 0.5) is 0 Å². The molecule has 1 atom stereocenters. The Morgan fingerprint density at radius 3 is 2.27 bits per heavy atom. The van der Waals surface area contributed by atoms with Gasteiger partial charge in [-0.15, -0.1) is 0 Å². The van der Waals surface area contributed by atoms with E-state index in [1.165, 1.54) is 28.7 Å². The van der Waals surface area contributed by atoms with E-state index in [9.17, 15) is 4.79 Å². The van der Waals surface area contributed by atoms with Crippen molar-refractivity contribution in [2.24, 2.45) is 0 Å². The van der Waals surface area contributed by atoms with Crippen LogP contribution >= 0.6 is 0 Å². The summed E-state index contributed by atoms with van der Waals surface area (Å²) in [5.41, 5.74) is 7.42. The van der Waals surface area contributed by atoms with Crippen molar-refractivity contribution in [2.45, 2.75) is 31.8 Å². The second-order valence-electron chi connectivity index (χ2n) is 8.56. The molecule has 0 radical (unpaired) electrons. The van der Waals surface area contributed by atoms with Gasteiger partial charge in [-0.25, -0.2) is 0 Å². The lowest BCUT2D eigenvalue weighted by molar-refractivity contribution is 0.0827. The van der Waals surface area contributed by atoms with Gasteiger partial charge in [0, 0.05) is 32.2 Å². The molecule has 0 bridgehead atoms. The summed E-state index contributed by atoms with van der Waals surface area (Å²) >= 11 is 0. The van der Waals surface area contributed by atoms with E-state index in [0.717, 1.165) is 30.5 Å². The Bertz CT molecular complexity index is 1010. The molecule has 3 aromatic carbocycles. The maximum atomic E-state index is 12.1. The molecule has 154 valence electrons. The Labute approximate surface area is 180 Å². The van der Waals surface area contributed by atoms with E-state index in [1.807, 2.05) is 12.1 Å². The number of amides is 1. The molecule has 0 aliphatic heterocycles. The zero-order valence-electron chi connectivity index (χ0n) is 18.1. The van der Waals surface area contributed by atoms with Crippen LogP contribution in [-0.2, 0) is 19.4 Å². The smallest absolute Gasteiger partial charge is 0.253 e. The third-order valence-corrected chi connectivity index (χ3v) is 6.18. The molecule has 4 rings (SSSR count). The quantitative estimate of drug-likeness (QED) is 0.601. The van der Waals surface area contributed by atoms with Crippen molar-refractivity contribution in [3.8, 4) is 11.1 Å². The summed E-state index contributed by atoms with van der Waals surface area (Å²) in [7, 11) is 5.81. The maximum absolute atomic E-state index is 12.1. The van der Waals surface area contributed by atoms with E-state index in [2.05, 4.69) is 72.6 Å². The number of carbonyl (C=O) groups excluding carboxylic acids is 1. The number of nitrogens with zero attached hydrogens (tertiary/aromatic N) is 2. The van der Waals surface area contributed by atoms with E-state index in [1.54, 1.807) is 19.0 Å². The molecule has 1 aliphatic carbocycles. The molecule has 1 aliphatic rings. The molecule has 0 spiro atoms. The zero-order valence-corrected chi connectivity index (χ0v) is 18.1. The van der Waals surface area contributed by atoms with Gasteiger partial charge in [0.1, 0.15) is 0 Å². The minimum atomic E-state index is 0.0395. The van der Waals surface area contributed by atoms with Crippen LogP contribution in [0.5, 0.6) is 0 Å². The van der Waals surface area contributed by atoms with Gasteiger partial charge < -0.3 is 4.90 Å². The first-order valence-corrected chi connectivity index (χ1v) is 10.7. The monoisotopic (exact) mass is 398 g/mol. The van der Waals surface area contributed by atoms with Crippen molar-refractivity contribution in [3.63, 3.8) is 0 Å². The van der Waals surface area contributed by atoms with E-state index in [-0.39, 0.29) is 5.91 Å². The second-order valence-corrected chi connectivity index (χ2v) is 8.56. The van der Waals surface area contributed by atoms with Gasteiger partial charge in [-0.3, -0.25) is 9.69 Å². The predicted molar refractivity (Wildman–Crippen MR) is 124 cm³/mol. The number of hydrogen-bond acceptors (Lipinski definition) is 2. The number of benzene rings is 3. The predicted octanol–water partition coefficient (Wildman–Crippen LogP) is 5.04. The molecule has 0 fully saturated rings. The number of likely N-dealkylation sites (N-methyl/N-ethyl adjacent to an activating group) is 1. The summed E-state index contributed by atoms with van der Waals surface area (Å²) < 4.78 is 0. The third kappa shape index (κ3) is 4.47. The van der Waals surface area contributed by atoms with Gasteiger partial charge in [0.2, 0.25) is 0 Å². The number of fused-ring (bicyclic) bond motifs is 1. The molecule has 3 heteroatoms. The van der Waals surface area contributed by atoms with Crippen molar-refractivity contribution in [1.29, 1.82) is 0 Å². The number of aryl methyl sites for hydroxylation is 1. The minimum Gasteiger partial charge on any atom is -0.345 e. The van der Waals surface area contributed by atoms with E-state index in [4.69, 9.17) is 0 Å². The summed E-state index contributed by atoms with van der Waals surface area (Å²) in [4.78, 5) is 16.2. The van der Waals surface area contributed by atoms with Gasteiger partial charge >= 0.3 is 0 Å². The van der Waals surface area contributed by atoms with Crippen LogP contribution in [0.2, 0.25) is 0 Å². The van der Waals surface area contributed by atoms with Crippen LogP contribution in [0, 0.1) is 0 Å². The first-order valence-electron chi connectivity index (χ1n) is 10.7. The van der Waals surface area contributed by atoms with Crippen LogP contribution < -0.4 is 0 Å². The number of rotatable bonds is 5. The Kier molecular flexibility index (Phi) is 6.01. The van der Waals surface area contributed by atoms with Gasteiger partial charge in [-0.05, 0) is 66.3 Å². The molecule has 0 N–H and O–H groups in total. The molecule has 3 nitrogen and oxygen atoms in total. The molecule has 1 unspecified atom stereocenters. The molecule has 0 aromatic heterocycles. The third-order valence-electron chi connectivity index (χ3n) is 6.18. The van der Waals surface area contributed by atoms with Crippen LogP contribution in [0.15, 0.2) is 72.8 Å². The Morgan fingerprint density at radius 2 is 1.57 bits per heavy atom. The summed E-state index contributed by atoms with van der Waals surface area (Å²) in [6, 6.07) is 26.1. The molecular weight excluding hydrogens is 368 g/mol. The summed E-state index contributed by atoms with van der Waals surface area (Å²) in [6.07, 6.45) is 3.41. The van der Waals surface area contributed by atoms with Gasteiger partial charge in [0.15, 0.2) is 0 Å². The van der Waals surface area contributed by atoms with Crippen LogP contribution in [-0.4, -0.2) is 42.9 Å². The lowest BCUT2D eigenvalue weighted by Crippen LogP contribution is -2.36. The fraction of sp³-hybridized carbons (Fsp3) is 0.296. The highest BCUT2D eigenvalue weighted by atomic mass is 16.2. The van der Waals surface area contributed by atoms with E-state index in [0.29, 0.717) is 6.04 Å². The van der Waals surface area contributed by atoms with Gasteiger partial charge in [0.05, 0.1) is 0 Å². The molecule has 3 aromatic rings.